The van der Waals surface area contributed by atoms with Crippen molar-refractivity contribution in [1.29, 1.82) is 0 Å². The summed E-state index contributed by atoms with van der Waals surface area (Å²) in [7, 11) is 0. The lowest BCUT2D eigenvalue weighted by Gasteiger charge is -2.20. The Morgan fingerprint density at radius 2 is 2.40 bits per heavy atom. The van der Waals surface area contributed by atoms with Gasteiger partial charge in [0.1, 0.15) is 5.82 Å². The van der Waals surface area contributed by atoms with Crippen LogP contribution in [0.25, 0.3) is 0 Å². The molecule has 1 fully saturated rings. The molecule has 2 rings (SSSR count). The van der Waals surface area contributed by atoms with E-state index in [1.165, 1.54) is 12.1 Å². The highest BCUT2D eigenvalue weighted by Crippen LogP contribution is 2.15. The molecule has 0 aliphatic carbocycles. The highest BCUT2D eigenvalue weighted by Gasteiger charge is 2.23. The number of benzene rings is 1. The lowest BCUT2D eigenvalue weighted by atomic mass is 10.1. The molecule has 2 atom stereocenters. The van der Waals surface area contributed by atoms with Crippen LogP contribution in [0.5, 0.6) is 0 Å². The van der Waals surface area contributed by atoms with Crippen molar-refractivity contribution < 1.29 is 13.9 Å². The minimum Gasteiger partial charge on any atom is -0.376 e. The Morgan fingerprint density at radius 3 is 3.10 bits per heavy atom. The number of hydrogen-bond acceptors (Lipinski definition) is 2. The second kappa shape index (κ2) is 7.24. The number of nitrogens with one attached hydrogen (secondary N) is 2. The summed E-state index contributed by atoms with van der Waals surface area (Å²) in [5, 5.41) is 5.65. The van der Waals surface area contributed by atoms with E-state index < -0.39 is 0 Å². The zero-order valence-corrected chi connectivity index (χ0v) is 11.7. The standard InChI is InChI=1S/C15H21FN2O2/c1-11(14-6-3-9-20-14)18-15(19)17-8-7-12-4-2-5-13(16)10-12/h2,4-5,10-11,14H,3,6-9H2,1H3,(H2,17,18,19). The van der Waals surface area contributed by atoms with Crippen LogP contribution in [-0.4, -0.2) is 31.3 Å². The number of halogens is 1. The summed E-state index contributed by atoms with van der Waals surface area (Å²) < 4.78 is 18.5. The smallest absolute Gasteiger partial charge is 0.315 e. The van der Waals surface area contributed by atoms with E-state index in [4.69, 9.17) is 4.74 Å². The van der Waals surface area contributed by atoms with E-state index in [0.717, 1.165) is 25.0 Å². The maximum absolute atomic E-state index is 13.0. The molecule has 5 heteroatoms. The molecule has 0 aromatic heterocycles. The normalized spacial score (nSPS) is 19.6. The lowest BCUT2D eigenvalue weighted by Crippen LogP contribution is -2.46. The van der Waals surface area contributed by atoms with Crippen LogP contribution in [0.2, 0.25) is 0 Å². The van der Waals surface area contributed by atoms with Gasteiger partial charge in [-0.3, -0.25) is 0 Å². The second-order valence-electron chi connectivity index (χ2n) is 5.12. The van der Waals surface area contributed by atoms with E-state index in [1.54, 1.807) is 6.07 Å². The van der Waals surface area contributed by atoms with Crippen molar-refractivity contribution in [1.82, 2.24) is 10.6 Å². The molecule has 2 amide bonds. The lowest BCUT2D eigenvalue weighted by molar-refractivity contribution is 0.0860. The molecule has 1 aliphatic heterocycles. The van der Waals surface area contributed by atoms with Crippen LogP contribution in [0.15, 0.2) is 24.3 Å². The molecule has 1 saturated heterocycles. The van der Waals surface area contributed by atoms with Gasteiger partial charge in [0, 0.05) is 13.2 Å². The number of carbonyl (C=O) groups is 1. The maximum atomic E-state index is 13.0. The fourth-order valence-corrected chi connectivity index (χ4v) is 2.36. The minimum atomic E-state index is -0.251. The Kier molecular flexibility index (Phi) is 5.35. The van der Waals surface area contributed by atoms with E-state index in [-0.39, 0.29) is 24.0 Å². The van der Waals surface area contributed by atoms with Crippen LogP contribution in [0.4, 0.5) is 9.18 Å². The molecular weight excluding hydrogens is 259 g/mol. The third kappa shape index (κ3) is 4.49. The first-order chi connectivity index (χ1) is 9.65. The van der Waals surface area contributed by atoms with Gasteiger partial charge in [-0.2, -0.15) is 0 Å². The first-order valence-electron chi connectivity index (χ1n) is 7.05. The molecular formula is C15H21FN2O2. The van der Waals surface area contributed by atoms with Gasteiger partial charge in [0.05, 0.1) is 12.1 Å². The van der Waals surface area contributed by atoms with Gasteiger partial charge < -0.3 is 15.4 Å². The van der Waals surface area contributed by atoms with Gasteiger partial charge >= 0.3 is 6.03 Å². The number of ether oxygens (including phenoxy) is 1. The van der Waals surface area contributed by atoms with E-state index in [1.807, 2.05) is 13.0 Å². The molecule has 4 nitrogen and oxygen atoms in total. The van der Waals surface area contributed by atoms with Gasteiger partial charge in [0.2, 0.25) is 0 Å². The average Bonchev–Trinajstić information content (AvgIpc) is 2.92. The molecule has 1 aromatic carbocycles. The van der Waals surface area contributed by atoms with Crippen molar-refractivity contribution in [2.45, 2.75) is 38.3 Å². The number of carbonyl (C=O) groups excluding carboxylic acids is 1. The quantitative estimate of drug-likeness (QED) is 0.869. The summed E-state index contributed by atoms with van der Waals surface area (Å²) in [6.07, 6.45) is 2.77. The highest BCUT2D eigenvalue weighted by atomic mass is 19.1. The van der Waals surface area contributed by atoms with Crippen LogP contribution in [0, 0.1) is 5.82 Å². The predicted octanol–water partition coefficient (Wildman–Crippen LogP) is 2.23. The van der Waals surface area contributed by atoms with Crippen LogP contribution in [0.3, 0.4) is 0 Å². The van der Waals surface area contributed by atoms with E-state index in [9.17, 15) is 9.18 Å². The summed E-state index contributed by atoms with van der Waals surface area (Å²) in [5.41, 5.74) is 0.873. The third-order valence-electron chi connectivity index (χ3n) is 3.47. The predicted molar refractivity (Wildman–Crippen MR) is 75.1 cm³/mol. The van der Waals surface area contributed by atoms with E-state index in [0.29, 0.717) is 13.0 Å². The molecule has 0 saturated carbocycles. The fourth-order valence-electron chi connectivity index (χ4n) is 2.36. The average molecular weight is 280 g/mol. The van der Waals surface area contributed by atoms with Crippen LogP contribution in [0.1, 0.15) is 25.3 Å². The van der Waals surface area contributed by atoms with Crippen LogP contribution in [-0.2, 0) is 11.2 Å². The van der Waals surface area contributed by atoms with Gasteiger partial charge in [0.15, 0.2) is 0 Å². The third-order valence-corrected chi connectivity index (χ3v) is 3.47. The second-order valence-corrected chi connectivity index (χ2v) is 5.12. The van der Waals surface area contributed by atoms with E-state index >= 15 is 0 Å². The number of hydrogen-bond donors (Lipinski definition) is 2. The molecule has 20 heavy (non-hydrogen) atoms. The SMILES string of the molecule is CC(NC(=O)NCCc1cccc(F)c1)C1CCCO1. The van der Waals surface area contributed by atoms with Crippen molar-refractivity contribution in [3.8, 4) is 0 Å². The summed E-state index contributed by atoms with van der Waals surface area (Å²) in [4.78, 5) is 11.7. The molecule has 0 spiro atoms. The van der Waals surface area contributed by atoms with Crippen molar-refractivity contribution in [2.24, 2.45) is 0 Å². The molecule has 110 valence electrons. The molecule has 1 heterocycles. The molecule has 2 unspecified atom stereocenters. The van der Waals surface area contributed by atoms with Crippen LogP contribution < -0.4 is 10.6 Å². The molecule has 0 radical (unpaired) electrons. The molecule has 0 bridgehead atoms. The van der Waals surface area contributed by atoms with Gasteiger partial charge in [0.25, 0.3) is 0 Å². The van der Waals surface area contributed by atoms with Gasteiger partial charge in [-0.1, -0.05) is 12.1 Å². The summed E-state index contributed by atoms with van der Waals surface area (Å²) >= 11 is 0. The molecule has 2 N–H and O–H groups in total. The first-order valence-corrected chi connectivity index (χ1v) is 7.05. The fraction of sp³-hybridized carbons (Fsp3) is 0.533. The summed E-state index contributed by atoms with van der Waals surface area (Å²) in [6, 6.07) is 6.21. The monoisotopic (exact) mass is 280 g/mol. The van der Waals surface area contributed by atoms with E-state index in [2.05, 4.69) is 10.6 Å². The Balaban J connectivity index is 1.67. The van der Waals surface area contributed by atoms with Gasteiger partial charge in [-0.25, -0.2) is 9.18 Å². The Labute approximate surface area is 118 Å². The maximum Gasteiger partial charge on any atom is 0.315 e. The van der Waals surface area contributed by atoms with Gasteiger partial charge in [-0.05, 0) is 43.9 Å². The van der Waals surface area contributed by atoms with Crippen molar-refractivity contribution >= 4 is 6.03 Å². The van der Waals surface area contributed by atoms with Crippen molar-refractivity contribution in [3.05, 3.63) is 35.6 Å². The number of urea groups is 1. The minimum absolute atomic E-state index is 0.00618. The Bertz CT molecular complexity index is 447. The topological polar surface area (TPSA) is 50.4 Å². The summed E-state index contributed by atoms with van der Waals surface area (Å²) in [6.45, 7) is 3.20. The number of rotatable bonds is 5. The first kappa shape index (κ1) is 14.8. The largest absolute Gasteiger partial charge is 0.376 e. The Hall–Kier alpha value is -1.62. The van der Waals surface area contributed by atoms with Gasteiger partial charge in [-0.15, -0.1) is 0 Å². The summed E-state index contributed by atoms with van der Waals surface area (Å²) in [5.74, 6) is -0.251. The zero-order chi connectivity index (χ0) is 14.4. The van der Waals surface area contributed by atoms with Crippen molar-refractivity contribution in [2.75, 3.05) is 13.2 Å². The zero-order valence-electron chi connectivity index (χ0n) is 11.7. The molecule has 1 aliphatic rings. The number of amides is 2. The van der Waals surface area contributed by atoms with Crippen LogP contribution >= 0.6 is 0 Å². The molecule has 1 aromatic rings. The van der Waals surface area contributed by atoms with Crippen molar-refractivity contribution in [3.63, 3.8) is 0 Å². The highest BCUT2D eigenvalue weighted by molar-refractivity contribution is 5.74. The Morgan fingerprint density at radius 1 is 1.55 bits per heavy atom.